The van der Waals surface area contributed by atoms with Crippen LogP contribution in [-0.2, 0) is 12.1 Å². The summed E-state index contributed by atoms with van der Waals surface area (Å²) in [6.07, 6.45) is -1.56. The molecule has 0 atom stereocenters. The lowest BCUT2D eigenvalue weighted by molar-refractivity contribution is -0.154. The topological polar surface area (TPSA) is 97.7 Å². The van der Waals surface area contributed by atoms with Gasteiger partial charge in [-0.1, -0.05) is 6.07 Å². The zero-order valence-electron chi connectivity index (χ0n) is 15.5. The average Bonchev–Trinajstić information content (AvgIpc) is 3.03. The lowest BCUT2D eigenvalue weighted by Crippen LogP contribution is -2.24. The molecular formula is C17H19F3N6O2. The number of anilines is 1. The van der Waals surface area contributed by atoms with Gasteiger partial charge in [0.15, 0.2) is 12.3 Å². The highest BCUT2D eigenvalue weighted by Crippen LogP contribution is 2.19. The fraction of sp³-hybridized carbons (Fsp3) is 0.412. The Hall–Kier alpha value is -3.11. The van der Waals surface area contributed by atoms with Crippen LogP contribution in [0.2, 0.25) is 0 Å². The molecule has 0 fully saturated rings. The summed E-state index contributed by atoms with van der Waals surface area (Å²) in [4.78, 5) is 23.1. The Labute approximate surface area is 157 Å². The number of nitrogens with zero attached hydrogens (tertiary/aromatic N) is 4. The smallest absolute Gasteiger partial charge is 0.422 e. The number of aromatic amines is 1. The minimum Gasteiger partial charge on any atom is -0.468 e. The fourth-order valence-electron chi connectivity index (χ4n) is 2.44. The second-order valence-corrected chi connectivity index (χ2v) is 7.14. The third-order valence-corrected chi connectivity index (χ3v) is 3.71. The number of pyridine rings is 1. The summed E-state index contributed by atoms with van der Waals surface area (Å²) in [5.41, 5.74) is 0.451. The lowest BCUT2D eigenvalue weighted by atomic mass is 10.1. The summed E-state index contributed by atoms with van der Waals surface area (Å²) >= 11 is 0. The van der Waals surface area contributed by atoms with Crippen molar-refractivity contribution in [2.75, 3.05) is 11.9 Å². The van der Waals surface area contributed by atoms with E-state index in [4.69, 9.17) is 0 Å². The van der Waals surface area contributed by atoms with Crippen LogP contribution in [0.15, 0.2) is 29.3 Å². The summed E-state index contributed by atoms with van der Waals surface area (Å²) in [5.74, 6) is 0.129. The van der Waals surface area contributed by atoms with Gasteiger partial charge >= 0.3 is 6.18 Å². The number of rotatable bonds is 5. The van der Waals surface area contributed by atoms with Crippen molar-refractivity contribution in [1.29, 1.82) is 0 Å². The van der Waals surface area contributed by atoms with Crippen molar-refractivity contribution in [3.8, 4) is 5.88 Å². The van der Waals surface area contributed by atoms with E-state index in [1.54, 1.807) is 10.7 Å². The first-order valence-corrected chi connectivity index (χ1v) is 8.40. The average molecular weight is 396 g/mol. The minimum absolute atomic E-state index is 0.122. The van der Waals surface area contributed by atoms with Crippen molar-refractivity contribution in [1.82, 2.24) is 24.7 Å². The normalized spacial score (nSPS) is 12.4. The first-order chi connectivity index (χ1) is 13.0. The van der Waals surface area contributed by atoms with Crippen LogP contribution < -0.4 is 15.6 Å². The second-order valence-electron chi connectivity index (χ2n) is 7.14. The molecule has 3 rings (SSSR count). The second kappa shape index (κ2) is 7.13. The molecule has 150 valence electrons. The Morgan fingerprint density at radius 2 is 1.96 bits per heavy atom. The molecular weight excluding hydrogens is 377 g/mol. The van der Waals surface area contributed by atoms with E-state index in [0.717, 1.165) is 0 Å². The van der Waals surface area contributed by atoms with Crippen LogP contribution in [0.25, 0.3) is 11.0 Å². The molecule has 2 N–H and O–H groups in total. The van der Waals surface area contributed by atoms with Crippen molar-refractivity contribution >= 4 is 17.0 Å². The zero-order chi connectivity index (χ0) is 20.5. The molecule has 3 aromatic heterocycles. The van der Waals surface area contributed by atoms with Crippen molar-refractivity contribution in [2.45, 2.75) is 39.0 Å². The van der Waals surface area contributed by atoms with Gasteiger partial charge in [-0.3, -0.25) is 9.78 Å². The number of ether oxygens (including phenoxy) is 1. The van der Waals surface area contributed by atoms with Gasteiger partial charge < -0.3 is 10.1 Å². The van der Waals surface area contributed by atoms with Gasteiger partial charge in [-0.05, 0) is 26.3 Å². The first-order valence-electron chi connectivity index (χ1n) is 8.40. The van der Waals surface area contributed by atoms with E-state index in [1.165, 1.54) is 18.5 Å². The molecule has 0 aliphatic heterocycles. The Bertz CT molecular complexity index is 1020. The van der Waals surface area contributed by atoms with Crippen molar-refractivity contribution < 1.29 is 17.9 Å². The van der Waals surface area contributed by atoms with Gasteiger partial charge in [0.1, 0.15) is 5.39 Å². The molecule has 0 bridgehead atoms. The van der Waals surface area contributed by atoms with Crippen LogP contribution in [0.3, 0.4) is 0 Å². The Morgan fingerprint density at radius 1 is 1.21 bits per heavy atom. The van der Waals surface area contributed by atoms with Crippen LogP contribution in [0.1, 0.15) is 26.3 Å². The standard InChI is InChI=1S/C17H19F3N6O2/c1-16(2,3)26-13-11(8-23-26)14(27)25-15(24-13)22-7-10-4-5-12(21-6-10)28-9-17(18,19)20/h4-6,8H,7,9H2,1-3H3,(H2,22,24,25,27). The third-order valence-electron chi connectivity index (χ3n) is 3.71. The maximum Gasteiger partial charge on any atom is 0.422 e. The van der Waals surface area contributed by atoms with Crippen molar-refractivity contribution in [2.24, 2.45) is 0 Å². The van der Waals surface area contributed by atoms with Crippen molar-refractivity contribution in [3.05, 3.63) is 40.4 Å². The van der Waals surface area contributed by atoms with Crippen LogP contribution >= 0.6 is 0 Å². The number of fused-ring (bicyclic) bond motifs is 1. The fourth-order valence-corrected chi connectivity index (χ4v) is 2.44. The van der Waals surface area contributed by atoms with Crippen LogP contribution in [0.4, 0.5) is 19.1 Å². The molecule has 0 saturated heterocycles. The molecule has 0 spiro atoms. The number of aromatic nitrogens is 5. The SMILES string of the molecule is CC(C)(C)n1ncc2c(=O)[nH]c(NCc3ccc(OCC(F)(F)F)nc3)nc21. The summed E-state index contributed by atoms with van der Waals surface area (Å²) in [6, 6.07) is 2.92. The molecule has 3 aromatic rings. The molecule has 28 heavy (non-hydrogen) atoms. The molecule has 8 nitrogen and oxygen atoms in total. The Balaban J connectivity index is 1.72. The van der Waals surface area contributed by atoms with E-state index >= 15 is 0 Å². The number of hydrogen-bond donors (Lipinski definition) is 2. The monoisotopic (exact) mass is 396 g/mol. The van der Waals surface area contributed by atoms with Crippen molar-refractivity contribution in [3.63, 3.8) is 0 Å². The molecule has 0 aliphatic rings. The number of H-pyrrole nitrogens is 1. The molecule has 0 radical (unpaired) electrons. The van der Waals surface area contributed by atoms with Gasteiger partial charge in [0.05, 0.1) is 11.7 Å². The molecule has 11 heteroatoms. The zero-order valence-corrected chi connectivity index (χ0v) is 15.5. The Morgan fingerprint density at radius 3 is 2.57 bits per heavy atom. The predicted molar refractivity (Wildman–Crippen MR) is 96.3 cm³/mol. The quantitative estimate of drug-likeness (QED) is 0.688. The summed E-state index contributed by atoms with van der Waals surface area (Å²) < 4.78 is 42.7. The van der Waals surface area contributed by atoms with E-state index in [0.29, 0.717) is 16.6 Å². The van der Waals surface area contributed by atoms with Gasteiger partial charge in [0.2, 0.25) is 11.8 Å². The highest BCUT2D eigenvalue weighted by molar-refractivity contribution is 5.74. The van der Waals surface area contributed by atoms with Crippen LogP contribution in [0.5, 0.6) is 5.88 Å². The summed E-state index contributed by atoms with van der Waals surface area (Å²) in [5, 5.41) is 7.59. The van der Waals surface area contributed by atoms with E-state index < -0.39 is 12.8 Å². The van der Waals surface area contributed by atoms with Gasteiger partial charge in [0, 0.05) is 18.8 Å². The largest absolute Gasteiger partial charge is 0.468 e. The van der Waals surface area contributed by atoms with Gasteiger partial charge in [-0.25, -0.2) is 9.67 Å². The van der Waals surface area contributed by atoms with Gasteiger partial charge in [-0.15, -0.1) is 0 Å². The first kappa shape index (κ1) is 19.6. The van der Waals surface area contributed by atoms with Gasteiger partial charge in [-0.2, -0.15) is 23.3 Å². The Kier molecular flexibility index (Phi) is 5.01. The van der Waals surface area contributed by atoms with E-state index in [1.807, 2.05) is 20.8 Å². The maximum absolute atomic E-state index is 12.2. The molecule has 3 heterocycles. The molecule has 0 aromatic carbocycles. The number of alkyl halides is 3. The maximum atomic E-state index is 12.2. The summed E-state index contributed by atoms with van der Waals surface area (Å²) in [7, 11) is 0. The highest BCUT2D eigenvalue weighted by atomic mass is 19.4. The van der Waals surface area contributed by atoms with E-state index in [-0.39, 0.29) is 29.5 Å². The molecule has 0 aliphatic carbocycles. The lowest BCUT2D eigenvalue weighted by Gasteiger charge is -2.19. The molecule has 0 amide bonds. The number of hydrogen-bond acceptors (Lipinski definition) is 6. The summed E-state index contributed by atoms with van der Waals surface area (Å²) in [6.45, 7) is 4.70. The highest BCUT2D eigenvalue weighted by Gasteiger charge is 2.28. The number of nitrogens with one attached hydrogen (secondary N) is 2. The minimum atomic E-state index is -4.42. The number of halogens is 3. The third kappa shape index (κ3) is 4.59. The van der Waals surface area contributed by atoms with E-state index in [9.17, 15) is 18.0 Å². The predicted octanol–water partition coefficient (Wildman–Crippen LogP) is 2.82. The molecule has 0 unspecified atom stereocenters. The van der Waals surface area contributed by atoms with Crippen LogP contribution in [-0.4, -0.2) is 37.5 Å². The van der Waals surface area contributed by atoms with E-state index in [2.05, 4.69) is 30.1 Å². The van der Waals surface area contributed by atoms with Gasteiger partial charge in [0.25, 0.3) is 5.56 Å². The molecule has 0 saturated carbocycles. The van der Waals surface area contributed by atoms with Crippen LogP contribution in [0, 0.1) is 0 Å².